The highest BCUT2D eigenvalue weighted by Crippen LogP contribution is 2.38. The number of nitrogens with zero attached hydrogens (tertiary/aromatic N) is 2. The molecule has 1 unspecified atom stereocenters. The number of ether oxygens (including phenoxy) is 3. The standard InChI is InChI=1S/C33H40N2O8/c1-23(43-24(2)36)27(31(39)41-3)20-29(37)33(21-25-12-6-4-7-13-25)17-11-19-35(33)30(38)28-16-10-18-34(28)32(40)42-22-26-14-8-5-9-15-26/h4-9,12-15,23,27-28H,10-11,16-22H2,1-3H3/t23-,27+,28+,33?/m1/s1. The Labute approximate surface area is 252 Å². The Hall–Kier alpha value is -4.21. The van der Waals surface area contributed by atoms with Gasteiger partial charge in [0.1, 0.15) is 30.2 Å². The largest absolute Gasteiger partial charge is 0.469 e. The van der Waals surface area contributed by atoms with Crippen LogP contribution in [0.15, 0.2) is 60.7 Å². The second-order valence-corrected chi connectivity index (χ2v) is 11.3. The fourth-order valence-corrected chi connectivity index (χ4v) is 6.26. The molecule has 4 atom stereocenters. The summed E-state index contributed by atoms with van der Waals surface area (Å²) in [7, 11) is 1.22. The van der Waals surface area contributed by atoms with Gasteiger partial charge in [0.05, 0.1) is 7.11 Å². The van der Waals surface area contributed by atoms with E-state index in [1.807, 2.05) is 60.7 Å². The van der Waals surface area contributed by atoms with E-state index in [4.69, 9.17) is 14.2 Å². The summed E-state index contributed by atoms with van der Waals surface area (Å²) in [6.45, 7) is 3.59. The van der Waals surface area contributed by atoms with E-state index in [0.717, 1.165) is 11.1 Å². The average molecular weight is 593 g/mol. The van der Waals surface area contributed by atoms with Crippen molar-refractivity contribution >= 4 is 29.7 Å². The van der Waals surface area contributed by atoms with Crippen molar-refractivity contribution < 1.29 is 38.2 Å². The van der Waals surface area contributed by atoms with E-state index < -0.39 is 41.6 Å². The van der Waals surface area contributed by atoms with Gasteiger partial charge in [-0.25, -0.2) is 4.79 Å². The Bertz CT molecular complexity index is 1300. The van der Waals surface area contributed by atoms with Gasteiger partial charge in [-0.05, 0) is 43.7 Å². The summed E-state index contributed by atoms with van der Waals surface area (Å²) in [6, 6.07) is 18.0. The molecule has 2 fully saturated rings. The molecule has 0 saturated carbocycles. The number of carbonyl (C=O) groups excluding carboxylic acids is 5. The smallest absolute Gasteiger partial charge is 0.410 e. The zero-order chi connectivity index (χ0) is 31.0. The molecule has 0 bridgehead atoms. The first kappa shape index (κ1) is 31.7. The molecule has 43 heavy (non-hydrogen) atoms. The SMILES string of the molecule is COC(=O)[C@@H](CC(=O)C1(Cc2ccccc2)CCCN1C(=O)[C@@H]1CCCN1C(=O)OCc1ccccc1)[C@@H](C)OC(C)=O. The minimum absolute atomic E-state index is 0.0899. The van der Waals surface area contributed by atoms with E-state index in [0.29, 0.717) is 38.8 Å². The molecule has 2 aliphatic heterocycles. The number of methoxy groups -OCH3 is 1. The van der Waals surface area contributed by atoms with Crippen LogP contribution >= 0.6 is 0 Å². The molecule has 2 aromatic rings. The number of hydrogen-bond acceptors (Lipinski definition) is 8. The van der Waals surface area contributed by atoms with Gasteiger partial charge in [-0.1, -0.05) is 60.7 Å². The molecule has 2 heterocycles. The summed E-state index contributed by atoms with van der Waals surface area (Å²) in [4.78, 5) is 69.2. The van der Waals surface area contributed by atoms with Gasteiger partial charge < -0.3 is 19.1 Å². The summed E-state index contributed by atoms with van der Waals surface area (Å²) in [6.07, 6.45) is 0.572. The molecular formula is C33H40N2O8. The molecule has 0 radical (unpaired) electrons. The summed E-state index contributed by atoms with van der Waals surface area (Å²) < 4.78 is 15.8. The minimum Gasteiger partial charge on any atom is -0.469 e. The second kappa shape index (κ2) is 14.3. The lowest BCUT2D eigenvalue weighted by atomic mass is 9.79. The number of hydrogen-bond donors (Lipinski definition) is 0. The second-order valence-electron chi connectivity index (χ2n) is 11.3. The van der Waals surface area contributed by atoms with Gasteiger partial charge in [-0.3, -0.25) is 24.1 Å². The van der Waals surface area contributed by atoms with Gasteiger partial charge in [0.25, 0.3) is 0 Å². The Kier molecular flexibility index (Phi) is 10.6. The number of likely N-dealkylation sites (tertiary alicyclic amines) is 2. The highest BCUT2D eigenvalue weighted by atomic mass is 16.6. The molecule has 2 aromatic carbocycles. The molecule has 0 N–H and O–H groups in total. The van der Waals surface area contributed by atoms with Crippen LogP contribution < -0.4 is 0 Å². The summed E-state index contributed by atoms with van der Waals surface area (Å²) in [5.41, 5.74) is 0.458. The van der Waals surface area contributed by atoms with Crippen LogP contribution in [0.2, 0.25) is 0 Å². The third kappa shape index (κ3) is 7.42. The third-order valence-electron chi connectivity index (χ3n) is 8.42. The maximum absolute atomic E-state index is 14.3. The van der Waals surface area contributed by atoms with Crippen LogP contribution in [0.1, 0.15) is 57.1 Å². The first-order chi connectivity index (χ1) is 20.7. The van der Waals surface area contributed by atoms with E-state index in [1.54, 1.807) is 11.8 Å². The van der Waals surface area contributed by atoms with Crippen molar-refractivity contribution in [1.82, 2.24) is 9.80 Å². The quantitative estimate of drug-likeness (QED) is 0.283. The van der Waals surface area contributed by atoms with Crippen molar-refractivity contribution in [3.63, 3.8) is 0 Å². The Balaban J connectivity index is 1.60. The molecule has 4 rings (SSSR count). The Morgan fingerprint density at radius 3 is 2.21 bits per heavy atom. The molecule has 2 amide bonds. The first-order valence-corrected chi connectivity index (χ1v) is 14.8. The van der Waals surface area contributed by atoms with Gasteiger partial charge in [-0.15, -0.1) is 0 Å². The third-order valence-corrected chi connectivity index (χ3v) is 8.42. The van der Waals surface area contributed by atoms with Gasteiger partial charge in [0, 0.05) is 32.9 Å². The number of benzene rings is 2. The molecule has 2 saturated heterocycles. The Morgan fingerprint density at radius 1 is 0.930 bits per heavy atom. The van der Waals surface area contributed by atoms with Gasteiger partial charge in [0.15, 0.2) is 5.78 Å². The minimum atomic E-state index is -1.25. The number of carbonyl (C=O) groups is 5. The summed E-state index contributed by atoms with van der Waals surface area (Å²) >= 11 is 0. The Morgan fingerprint density at radius 2 is 1.58 bits per heavy atom. The van der Waals surface area contributed by atoms with Crippen LogP contribution in [0, 0.1) is 5.92 Å². The fraction of sp³-hybridized carbons (Fsp3) is 0.485. The normalized spacial score (nSPS) is 21.1. The number of amides is 2. The molecular weight excluding hydrogens is 552 g/mol. The van der Waals surface area contributed by atoms with Crippen LogP contribution in [0.5, 0.6) is 0 Å². The van der Waals surface area contributed by atoms with E-state index in [-0.39, 0.29) is 31.1 Å². The van der Waals surface area contributed by atoms with Crippen LogP contribution in [0.25, 0.3) is 0 Å². The van der Waals surface area contributed by atoms with E-state index in [9.17, 15) is 24.0 Å². The van der Waals surface area contributed by atoms with Crippen molar-refractivity contribution in [3.8, 4) is 0 Å². The lowest BCUT2D eigenvalue weighted by Crippen LogP contribution is -2.59. The predicted molar refractivity (Wildman–Crippen MR) is 157 cm³/mol. The molecule has 0 spiro atoms. The van der Waals surface area contributed by atoms with Crippen LogP contribution in [-0.4, -0.2) is 77.4 Å². The van der Waals surface area contributed by atoms with E-state index >= 15 is 0 Å². The van der Waals surface area contributed by atoms with Crippen LogP contribution in [-0.2, 0) is 46.4 Å². The summed E-state index contributed by atoms with van der Waals surface area (Å²) in [5, 5.41) is 0. The molecule has 0 aliphatic carbocycles. The zero-order valence-corrected chi connectivity index (χ0v) is 25.0. The molecule has 10 heteroatoms. The van der Waals surface area contributed by atoms with Crippen molar-refractivity contribution in [2.45, 2.75) is 76.7 Å². The van der Waals surface area contributed by atoms with E-state index in [1.165, 1.54) is 18.9 Å². The highest BCUT2D eigenvalue weighted by Gasteiger charge is 2.53. The molecule has 0 aromatic heterocycles. The van der Waals surface area contributed by atoms with Gasteiger partial charge in [-0.2, -0.15) is 0 Å². The maximum atomic E-state index is 14.3. The lowest BCUT2D eigenvalue weighted by Gasteiger charge is -2.40. The average Bonchev–Trinajstić information content (AvgIpc) is 3.67. The number of Topliss-reactive ketones (excluding diaryl/α,β-unsaturated/α-hetero) is 1. The highest BCUT2D eigenvalue weighted by molar-refractivity contribution is 5.97. The fourth-order valence-electron chi connectivity index (χ4n) is 6.26. The first-order valence-electron chi connectivity index (χ1n) is 14.8. The van der Waals surface area contributed by atoms with Crippen LogP contribution in [0.4, 0.5) is 4.79 Å². The lowest BCUT2D eigenvalue weighted by molar-refractivity contribution is -0.161. The predicted octanol–water partition coefficient (Wildman–Crippen LogP) is 4.09. The van der Waals surface area contributed by atoms with Gasteiger partial charge >= 0.3 is 18.0 Å². The zero-order valence-electron chi connectivity index (χ0n) is 25.0. The number of rotatable bonds is 11. The van der Waals surface area contributed by atoms with Crippen molar-refractivity contribution in [3.05, 3.63) is 71.8 Å². The van der Waals surface area contributed by atoms with Crippen LogP contribution in [0.3, 0.4) is 0 Å². The monoisotopic (exact) mass is 592 g/mol. The molecule has 2 aliphatic rings. The molecule has 10 nitrogen and oxygen atoms in total. The van der Waals surface area contributed by atoms with Crippen molar-refractivity contribution in [1.29, 1.82) is 0 Å². The van der Waals surface area contributed by atoms with E-state index in [2.05, 4.69) is 0 Å². The topological polar surface area (TPSA) is 120 Å². The van der Waals surface area contributed by atoms with Crippen molar-refractivity contribution in [2.24, 2.45) is 5.92 Å². The van der Waals surface area contributed by atoms with Crippen molar-refractivity contribution in [2.75, 3.05) is 20.2 Å². The maximum Gasteiger partial charge on any atom is 0.410 e. The number of esters is 2. The summed E-state index contributed by atoms with van der Waals surface area (Å²) in [5.74, 6) is -2.91. The molecule has 230 valence electrons. The number of ketones is 1. The van der Waals surface area contributed by atoms with Gasteiger partial charge in [0.2, 0.25) is 5.91 Å².